The normalized spacial score (nSPS) is 29.9. The molecule has 1 amide bonds. The molecule has 1 heterocycles. The van der Waals surface area contributed by atoms with Crippen LogP contribution in [0.3, 0.4) is 0 Å². The van der Waals surface area contributed by atoms with Gasteiger partial charge in [0.2, 0.25) is 5.91 Å². The Labute approximate surface area is 111 Å². The Kier molecular flexibility index (Phi) is 4.31. The van der Waals surface area contributed by atoms with Crippen LogP contribution >= 0.6 is 0 Å². The van der Waals surface area contributed by atoms with Crippen LogP contribution in [0, 0.1) is 11.3 Å². The zero-order valence-electron chi connectivity index (χ0n) is 11.8. The number of carbonyl (C=O) groups excluding carboxylic acids is 1. The van der Waals surface area contributed by atoms with Crippen LogP contribution in [0.1, 0.15) is 58.8 Å². The van der Waals surface area contributed by atoms with Gasteiger partial charge in [0, 0.05) is 19.0 Å². The van der Waals surface area contributed by atoms with Gasteiger partial charge in [0.05, 0.1) is 6.10 Å². The highest BCUT2D eigenvalue weighted by atomic mass is 16.3. The number of amides is 1. The van der Waals surface area contributed by atoms with Crippen molar-refractivity contribution in [2.45, 2.75) is 64.9 Å². The number of nitrogens with zero attached hydrogens (tertiary/aromatic N) is 1. The lowest BCUT2D eigenvalue weighted by atomic mass is 9.85. The molecule has 1 unspecified atom stereocenters. The summed E-state index contributed by atoms with van der Waals surface area (Å²) in [6.45, 7) is 5.85. The lowest BCUT2D eigenvalue weighted by Gasteiger charge is -2.33. The molecule has 1 aliphatic carbocycles. The van der Waals surface area contributed by atoms with Crippen molar-refractivity contribution in [3.05, 3.63) is 0 Å². The van der Waals surface area contributed by atoms with Gasteiger partial charge in [0.15, 0.2) is 0 Å². The smallest absolute Gasteiger partial charge is 0.225 e. The molecule has 2 aliphatic rings. The molecule has 104 valence electrons. The van der Waals surface area contributed by atoms with E-state index >= 15 is 0 Å². The van der Waals surface area contributed by atoms with Crippen LogP contribution in [0.4, 0.5) is 0 Å². The lowest BCUT2D eigenvalue weighted by Crippen LogP contribution is -2.41. The third-order valence-corrected chi connectivity index (χ3v) is 4.41. The lowest BCUT2D eigenvalue weighted by molar-refractivity contribution is -0.137. The minimum atomic E-state index is -0.246. The minimum absolute atomic E-state index is 0.0419. The van der Waals surface area contributed by atoms with Gasteiger partial charge in [0.1, 0.15) is 0 Å². The molecular weight excluding hydrogens is 226 g/mol. The second-order valence-electron chi connectivity index (χ2n) is 6.91. The number of aliphatic hydroxyl groups excluding tert-OH is 1. The molecule has 2 fully saturated rings. The number of hydrogen-bond acceptors (Lipinski definition) is 2. The molecule has 0 radical (unpaired) electrons. The molecule has 3 nitrogen and oxygen atoms in total. The molecule has 1 N–H and O–H groups in total. The van der Waals surface area contributed by atoms with E-state index in [2.05, 4.69) is 13.8 Å². The first-order chi connectivity index (χ1) is 8.48. The Morgan fingerprint density at radius 3 is 2.50 bits per heavy atom. The monoisotopic (exact) mass is 253 g/mol. The standard InChI is InChI=1S/C15H27NO2/c1-15(2)10-13(17)8-9-16(11-15)14(18)12-6-4-3-5-7-12/h12-13,17H,3-11H2,1-2H3. The average molecular weight is 253 g/mol. The molecule has 1 aliphatic heterocycles. The maximum absolute atomic E-state index is 12.5. The molecule has 0 aromatic carbocycles. The van der Waals surface area contributed by atoms with E-state index in [9.17, 15) is 9.90 Å². The third kappa shape index (κ3) is 3.47. The third-order valence-electron chi connectivity index (χ3n) is 4.41. The largest absolute Gasteiger partial charge is 0.393 e. The summed E-state index contributed by atoms with van der Waals surface area (Å²) in [6, 6.07) is 0. The molecule has 1 atom stereocenters. The molecule has 2 rings (SSSR count). The Hall–Kier alpha value is -0.570. The fraction of sp³-hybridized carbons (Fsp3) is 0.933. The maximum Gasteiger partial charge on any atom is 0.225 e. The predicted octanol–water partition coefficient (Wildman–Crippen LogP) is 2.58. The van der Waals surface area contributed by atoms with Crippen LogP contribution in [0.15, 0.2) is 0 Å². The van der Waals surface area contributed by atoms with Crippen LogP contribution in [0.2, 0.25) is 0 Å². The van der Waals surface area contributed by atoms with Gasteiger partial charge in [-0.1, -0.05) is 33.1 Å². The molecule has 3 heteroatoms. The summed E-state index contributed by atoms with van der Waals surface area (Å²) in [4.78, 5) is 14.6. The van der Waals surface area contributed by atoms with E-state index in [4.69, 9.17) is 0 Å². The highest BCUT2D eigenvalue weighted by Crippen LogP contribution is 2.31. The number of aliphatic hydroxyl groups is 1. The van der Waals surface area contributed by atoms with Crippen molar-refractivity contribution >= 4 is 5.91 Å². The van der Waals surface area contributed by atoms with E-state index < -0.39 is 0 Å². The molecule has 0 aromatic rings. The number of likely N-dealkylation sites (tertiary alicyclic amines) is 1. The van der Waals surface area contributed by atoms with Crippen LogP contribution in [-0.2, 0) is 4.79 Å². The summed E-state index contributed by atoms with van der Waals surface area (Å²) in [5, 5.41) is 9.90. The van der Waals surface area contributed by atoms with Crippen molar-refractivity contribution in [2.75, 3.05) is 13.1 Å². The minimum Gasteiger partial charge on any atom is -0.393 e. The molecule has 0 spiro atoms. The summed E-state index contributed by atoms with van der Waals surface area (Å²) in [5.41, 5.74) is 0.0419. The number of hydrogen-bond donors (Lipinski definition) is 1. The molecule has 0 bridgehead atoms. The first-order valence-corrected chi connectivity index (χ1v) is 7.45. The first-order valence-electron chi connectivity index (χ1n) is 7.45. The van der Waals surface area contributed by atoms with Gasteiger partial charge < -0.3 is 10.0 Å². The van der Waals surface area contributed by atoms with Gasteiger partial charge in [-0.25, -0.2) is 0 Å². The second kappa shape index (κ2) is 5.60. The summed E-state index contributed by atoms with van der Waals surface area (Å²) in [5.74, 6) is 0.599. The van der Waals surface area contributed by atoms with Crippen LogP contribution in [0.25, 0.3) is 0 Å². The molecule has 1 saturated carbocycles. The van der Waals surface area contributed by atoms with Gasteiger partial charge in [-0.15, -0.1) is 0 Å². The Bertz CT molecular complexity index is 295. The number of rotatable bonds is 1. The fourth-order valence-corrected chi connectivity index (χ4v) is 3.50. The molecular formula is C15H27NO2. The van der Waals surface area contributed by atoms with Crippen LogP contribution in [-0.4, -0.2) is 35.1 Å². The van der Waals surface area contributed by atoms with Crippen molar-refractivity contribution in [1.82, 2.24) is 4.90 Å². The Balaban J connectivity index is 2.00. The molecule has 1 saturated heterocycles. The van der Waals surface area contributed by atoms with E-state index in [1.165, 1.54) is 19.3 Å². The molecule has 18 heavy (non-hydrogen) atoms. The summed E-state index contributed by atoms with van der Waals surface area (Å²) >= 11 is 0. The SMILES string of the molecule is CC1(C)CC(O)CCN(C(=O)C2CCCCC2)C1. The van der Waals surface area contributed by atoms with Gasteiger partial charge in [-0.3, -0.25) is 4.79 Å². The summed E-state index contributed by atoms with van der Waals surface area (Å²) in [7, 11) is 0. The van der Waals surface area contributed by atoms with Gasteiger partial charge >= 0.3 is 0 Å². The second-order valence-corrected chi connectivity index (χ2v) is 6.91. The topological polar surface area (TPSA) is 40.5 Å². The van der Waals surface area contributed by atoms with Crippen molar-refractivity contribution in [3.8, 4) is 0 Å². The average Bonchev–Trinajstić information content (AvgIpc) is 2.47. The van der Waals surface area contributed by atoms with Crippen molar-refractivity contribution in [3.63, 3.8) is 0 Å². The van der Waals surface area contributed by atoms with Crippen molar-refractivity contribution < 1.29 is 9.90 Å². The maximum atomic E-state index is 12.5. The van der Waals surface area contributed by atoms with E-state index in [1.807, 2.05) is 4.90 Å². The Morgan fingerprint density at radius 2 is 1.83 bits per heavy atom. The summed E-state index contributed by atoms with van der Waals surface area (Å²) < 4.78 is 0. The highest BCUT2D eigenvalue weighted by Gasteiger charge is 2.34. The van der Waals surface area contributed by atoms with Crippen LogP contribution in [0.5, 0.6) is 0 Å². The van der Waals surface area contributed by atoms with E-state index in [1.54, 1.807) is 0 Å². The van der Waals surface area contributed by atoms with Gasteiger partial charge in [-0.2, -0.15) is 0 Å². The predicted molar refractivity (Wildman–Crippen MR) is 72.2 cm³/mol. The first kappa shape index (κ1) is 13.9. The zero-order valence-corrected chi connectivity index (χ0v) is 11.8. The van der Waals surface area contributed by atoms with Gasteiger partial charge in [-0.05, 0) is 31.1 Å². The van der Waals surface area contributed by atoms with E-state index in [0.29, 0.717) is 5.91 Å². The van der Waals surface area contributed by atoms with Crippen molar-refractivity contribution in [1.29, 1.82) is 0 Å². The van der Waals surface area contributed by atoms with Gasteiger partial charge in [0.25, 0.3) is 0 Å². The molecule has 0 aromatic heterocycles. The summed E-state index contributed by atoms with van der Waals surface area (Å²) in [6.07, 6.45) is 7.13. The zero-order chi connectivity index (χ0) is 13.2. The fourth-order valence-electron chi connectivity index (χ4n) is 3.50. The number of carbonyl (C=O) groups is 1. The quantitative estimate of drug-likeness (QED) is 0.780. The van der Waals surface area contributed by atoms with E-state index in [-0.39, 0.29) is 17.4 Å². The highest BCUT2D eigenvalue weighted by molar-refractivity contribution is 5.79. The van der Waals surface area contributed by atoms with Crippen LogP contribution < -0.4 is 0 Å². The Morgan fingerprint density at radius 1 is 1.17 bits per heavy atom. The van der Waals surface area contributed by atoms with Crippen molar-refractivity contribution in [2.24, 2.45) is 11.3 Å². The van der Waals surface area contributed by atoms with E-state index in [0.717, 1.165) is 38.8 Å².